The van der Waals surface area contributed by atoms with Gasteiger partial charge in [-0.2, -0.15) is 0 Å². The molecular formula is C6H11NO. The summed E-state index contributed by atoms with van der Waals surface area (Å²) in [6.45, 7) is 3.03. The molecule has 0 radical (unpaired) electrons. The van der Waals surface area contributed by atoms with Crippen molar-refractivity contribution >= 4 is 5.91 Å². The van der Waals surface area contributed by atoms with Gasteiger partial charge in [-0.3, -0.25) is 4.79 Å². The van der Waals surface area contributed by atoms with E-state index in [9.17, 15) is 4.79 Å². The minimum Gasteiger partial charge on any atom is -0.356 e. The van der Waals surface area contributed by atoms with Gasteiger partial charge >= 0.3 is 0 Å². The summed E-state index contributed by atoms with van der Waals surface area (Å²) in [6, 6.07) is 0. The Morgan fingerprint density at radius 1 is 1.75 bits per heavy atom. The first-order valence-corrected chi connectivity index (χ1v) is 3.06. The molecule has 1 aliphatic rings. The molecule has 2 nitrogen and oxygen atoms in total. The number of hydrogen-bond acceptors (Lipinski definition) is 1. The van der Waals surface area contributed by atoms with E-state index in [2.05, 4.69) is 12.2 Å². The van der Waals surface area contributed by atoms with Crippen LogP contribution in [-0.2, 0) is 4.79 Å². The van der Waals surface area contributed by atoms with Crippen LogP contribution in [0.15, 0.2) is 0 Å². The minimum absolute atomic E-state index is 0.211. The Morgan fingerprint density at radius 2 is 2.50 bits per heavy atom. The van der Waals surface area contributed by atoms with Crippen molar-refractivity contribution in [2.45, 2.75) is 19.8 Å². The molecule has 1 rings (SSSR count). The molecule has 46 valence electrons. The average molecular weight is 113 g/mol. The second-order valence-electron chi connectivity index (χ2n) is 2.45. The van der Waals surface area contributed by atoms with Gasteiger partial charge in [-0.1, -0.05) is 6.92 Å². The zero-order valence-corrected chi connectivity index (χ0v) is 5.11. The fraction of sp³-hybridized carbons (Fsp3) is 0.833. The third kappa shape index (κ3) is 1.22. The standard InChI is InChI=1S/C6H11NO/c1-5-2-3-6(8)7-4-5/h5H,2-4H2,1H3,(H,7,8)/t5-/m1/s1. The van der Waals surface area contributed by atoms with Gasteiger partial charge in [0.1, 0.15) is 0 Å². The van der Waals surface area contributed by atoms with E-state index in [0.29, 0.717) is 5.92 Å². The van der Waals surface area contributed by atoms with Crippen LogP contribution in [0, 0.1) is 5.92 Å². The molecule has 1 saturated heterocycles. The van der Waals surface area contributed by atoms with Crippen LogP contribution >= 0.6 is 0 Å². The quantitative estimate of drug-likeness (QED) is 0.488. The summed E-state index contributed by atoms with van der Waals surface area (Å²) in [6.07, 6.45) is 1.78. The van der Waals surface area contributed by atoms with E-state index in [1.54, 1.807) is 0 Å². The first-order chi connectivity index (χ1) is 3.79. The summed E-state index contributed by atoms with van der Waals surface area (Å²) < 4.78 is 0. The smallest absolute Gasteiger partial charge is 0.220 e. The van der Waals surface area contributed by atoms with E-state index in [1.807, 2.05) is 0 Å². The van der Waals surface area contributed by atoms with E-state index < -0.39 is 0 Å². The Kier molecular flexibility index (Phi) is 1.51. The van der Waals surface area contributed by atoms with Crippen molar-refractivity contribution in [3.05, 3.63) is 0 Å². The lowest BCUT2D eigenvalue weighted by Gasteiger charge is -2.17. The fourth-order valence-electron chi connectivity index (χ4n) is 0.856. The molecule has 1 N–H and O–H groups in total. The van der Waals surface area contributed by atoms with Gasteiger partial charge in [-0.15, -0.1) is 0 Å². The highest BCUT2D eigenvalue weighted by Gasteiger charge is 2.12. The molecule has 0 spiro atoms. The van der Waals surface area contributed by atoms with Crippen molar-refractivity contribution in [3.8, 4) is 0 Å². The minimum atomic E-state index is 0.211. The van der Waals surface area contributed by atoms with Crippen molar-refractivity contribution in [1.29, 1.82) is 0 Å². The Bertz CT molecular complexity index is 90.7. The second-order valence-corrected chi connectivity index (χ2v) is 2.45. The molecule has 1 amide bonds. The Balaban J connectivity index is 2.29. The summed E-state index contributed by atoms with van der Waals surface area (Å²) in [7, 11) is 0. The highest BCUT2D eigenvalue weighted by atomic mass is 16.1. The van der Waals surface area contributed by atoms with Crippen LogP contribution in [0.3, 0.4) is 0 Å². The predicted molar refractivity (Wildman–Crippen MR) is 31.4 cm³/mol. The van der Waals surface area contributed by atoms with E-state index in [-0.39, 0.29) is 5.91 Å². The average Bonchev–Trinajstić information content (AvgIpc) is 1.77. The summed E-state index contributed by atoms with van der Waals surface area (Å²) in [5.74, 6) is 0.899. The molecule has 1 heterocycles. The largest absolute Gasteiger partial charge is 0.356 e. The third-order valence-corrected chi connectivity index (χ3v) is 1.51. The highest BCUT2D eigenvalue weighted by Crippen LogP contribution is 2.07. The molecule has 1 atom stereocenters. The topological polar surface area (TPSA) is 29.1 Å². The van der Waals surface area contributed by atoms with Crippen molar-refractivity contribution < 1.29 is 4.79 Å². The normalized spacial score (nSPS) is 29.6. The fourth-order valence-corrected chi connectivity index (χ4v) is 0.856. The summed E-state index contributed by atoms with van der Waals surface area (Å²) in [5.41, 5.74) is 0. The number of carbonyl (C=O) groups excluding carboxylic acids is 1. The number of rotatable bonds is 0. The lowest BCUT2D eigenvalue weighted by Crippen LogP contribution is -2.33. The van der Waals surface area contributed by atoms with Crippen LogP contribution in [0.25, 0.3) is 0 Å². The van der Waals surface area contributed by atoms with Crippen LogP contribution in [0.1, 0.15) is 19.8 Å². The molecule has 1 fully saturated rings. The van der Waals surface area contributed by atoms with Crippen molar-refractivity contribution in [2.24, 2.45) is 5.92 Å². The number of carbonyl (C=O) groups is 1. The number of piperidine rings is 1. The maximum Gasteiger partial charge on any atom is 0.220 e. The third-order valence-electron chi connectivity index (χ3n) is 1.51. The molecule has 0 bridgehead atoms. The zero-order chi connectivity index (χ0) is 5.98. The maximum atomic E-state index is 10.5. The van der Waals surface area contributed by atoms with Gasteiger partial charge in [-0.25, -0.2) is 0 Å². The Morgan fingerprint density at radius 3 is 2.88 bits per heavy atom. The highest BCUT2D eigenvalue weighted by molar-refractivity contribution is 5.76. The van der Waals surface area contributed by atoms with Crippen LogP contribution < -0.4 is 5.32 Å². The van der Waals surface area contributed by atoms with Gasteiger partial charge in [0, 0.05) is 13.0 Å². The molecule has 2 heteroatoms. The number of amides is 1. The summed E-state index contributed by atoms with van der Waals surface area (Å²) in [4.78, 5) is 10.5. The predicted octanol–water partition coefficient (Wildman–Crippen LogP) is 0.532. The summed E-state index contributed by atoms with van der Waals surface area (Å²) >= 11 is 0. The monoisotopic (exact) mass is 113 g/mol. The lowest BCUT2D eigenvalue weighted by atomic mass is 10.0. The van der Waals surface area contributed by atoms with E-state index in [4.69, 9.17) is 0 Å². The Labute approximate surface area is 49.3 Å². The molecule has 0 aliphatic carbocycles. The van der Waals surface area contributed by atoms with Gasteiger partial charge in [-0.05, 0) is 12.3 Å². The van der Waals surface area contributed by atoms with Gasteiger partial charge in [0.2, 0.25) is 5.91 Å². The van der Waals surface area contributed by atoms with Crippen molar-refractivity contribution in [2.75, 3.05) is 6.54 Å². The molecule has 0 saturated carbocycles. The van der Waals surface area contributed by atoms with E-state index in [0.717, 1.165) is 19.4 Å². The SMILES string of the molecule is C[C@@H]1CCC(=O)NC1. The molecular weight excluding hydrogens is 102 g/mol. The lowest BCUT2D eigenvalue weighted by molar-refractivity contribution is -0.122. The first-order valence-electron chi connectivity index (χ1n) is 3.06. The molecule has 0 unspecified atom stereocenters. The van der Waals surface area contributed by atoms with Crippen LogP contribution in [0.2, 0.25) is 0 Å². The molecule has 8 heavy (non-hydrogen) atoms. The van der Waals surface area contributed by atoms with E-state index in [1.165, 1.54) is 0 Å². The van der Waals surface area contributed by atoms with Gasteiger partial charge in [0.15, 0.2) is 0 Å². The number of nitrogens with one attached hydrogen (secondary N) is 1. The van der Waals surface area contributed by atoms with Crippen LogP contribution in [-0.4, -0.2) is 12.5 Å². The molecule has 0 aromatic rings. The van der Waals surface area contributed by atoms with Gasteiger partial charge in [0.25, 0.3) is 0 Å². The van der Waals surface area contributed by atoms with Crippen LogP contribution in [0.5, 0.6) is 0 Å². The maximum absolute atomic E-state index is 10.5. The van der Waals surface area contributed by atoms with Crippen molar-refractivity contribution in [3.63, 3.8) is 0 Å². The molecule has 1 aliphatic heterocycles. The van der Waals surface area contributed by atoms with Gasteiger partial charge < -0.3 is 5.32 Å². The van der Waals surface area contributed by atoms with E-state index >= 15 is 0 Å². The zero-order valence-electron chi connectivity index (χ0n) is 5.11. The summed E-state index contributed by atoms with van der Waals surface area (Å²) in [5, 5.41) is 2.79. The first kappa shape index (κ1) is 5.60. The molecule has 0 aromatic heterocycles. The number of hydrogen-bond donors (Lipinski definition) is 1. The van der Waals surface area contributed by atoms with Crippen molar-refractivity contribution in [1.82, 2.24) is 5.32 Å². The Hall–Kier alpha value is -0.530. The van der Waals surface area contributed by atoms with Gasteiger partial charge in [0.05, 0.1) is 0 Å². The molecule has 0 aromatic carbocycles. The second kappa shape index (κ2) is 2.16. The van der Waals surface area contributed by atoms with Crippen LogP contribution in [0.4, 0.5) is 0 Å².